The van der Waals surface area contributed by atoms with E-state index in [1.165, 1.54) is 23.1 Å². The molecule has 1 amide bonds. The number of halogens is 2. The number of rotatable bonds is 3. The smallest absolute Gasteiger partial charge is 0.300 e. The molecule has 0 bridgehead atoms. The molecule has 4 rings (SSSR count). The number of ketones is 1. The summed E-state index contributed by atoms with van der Waals surface area (Å²) < 4.78 is 15.4. The van der Waals surface area contributed by atoms with Crippen molar-refractivity contribution >= 4 is 39.1 Å². The minimum Gasteiger partial charge on any atom is -0.507 e. The number of nitrogens with zero attached hydrogens (tertiary/aromatic N) is 1. The van der Waals surface area contributed by atoms with Gasteiger partial charge < -0.3 is 5.11 Å². The second-order valence-corrected chi connectivity index (χ2v) is 7.45. The molecule has 0 radical (unpaired) electrons. The standard InChI is InChI=1S/C23H15BrFNO3/c24-15-9-6-10-16(13-15)26-20(17-11-4-5-12-18(17)25)19(22(28)23(26)29)21(27)14-7-2-1-3-8-14/h1-13,20,27H/b21-19+/t20-/m0/s1. The number of hydrogen-bond donors (Lipinski definition) is 1. The highest BCUT2D eigenvalue weighted by atomic mass is 79.9. The van der Waals surface area contributed by atoms with E-state index < -0.39 is 23.5 Å². The summed E-state index contributed by atoms with van der Waals surface area (Å²) >= 11 is 3.36. The fourth-order valence-corrected chi connectivity index (χ4v) is 3.85. The maximum Gasteiger partial charge on any atom is 0.300 e. The van der Waals surface area contributed by atoms with E-state index >= 15 is 0 Å². The van der Waals surface area contributed by atoms with Crippen LogP contribution in [0, 0.1) is 5.82 Å². The molecule has 0 aromatic heterocycles. The molecule has 1 fully saturated rings. The Labute approximate surface area is 175 Å². The Hall–Kier alpha value is -3.25. The average molecular weight is 452 g/mol. The van der Waals surface area contributed by atoms with Gasteiger partial charge in [-0.2, -0.15) is 0 Å². The summed E-state index contributed by atoms with van der Waals surface area (Å²) in [6, 6.07) is 20.1. The zero-order valence-corrected chi connectivity index (χ0v) is 16.6. The maximum atomic E-state index is 14.7. The lowest BCUT2D eigenvalue weighted by atomic mass is 9.95. The van der Waals surface area contributed by atoms with E-state index in [0.29, 0.717) is 15.7 Å². The molecule has 144 valence electrons. The second-order valence-electron chi connectivity index (χ2n) is 6.54. The molecule has 0 saturated carbocycles. The number of Topliss-reactive ketones (excluding diaryl/α,β-unsaturated/α-hetero) is 1. The zero-order chi connectivity index (χ0) is 20.5. The minimum atomic E-state index is -1.09. The number of aliphatic hydroxyl groups is 1. The van der Waals surface area contributed by atoms with Crippen LogP contribution >= 0.6 is 15.9 Å². The first kappa shape index (κ1) is 19.1. The number of carbonyl (C=O) groups excluding carboxylic acids is 2. The second kappa shape index (κ2) is 7.64. The normalized spacial score (nSPS) is 18.3. The molecule has 29 heavy (non-hydrogen) atoms. The highest BCUT2D eigenvalue weighted by Crippen LogP contribution is 2.43. The zero-order valence-electron chi connectivity index (χ0n) is 15.0. The van der Waals surface area contributed by atoms with E-state index in [4.69, 9.17) is 0 Å². The first-order valence-corrected chi connectivity index (χ1v) is 9.64. The van der Waals surface area contributed by atoms with Gasteiger partial charge in [-0.15, -0.1) is 0 Å². The molecule has 1 aliphatic heterocycles. The van der Waals surface area contributed by atoms with Crippen LogP contribution in [-0.4, -0.2) is 16.8 Å². The first-order valence-electron chi connectivity index (χ1n) is 8.85. The van der Waals surface area contributed by atoms with Crippen molar-refractivity contribution in [3.8, 4) is 0 Å². The number of anilines is 1. The van der Waals surface area contributed by atoms with E-state index in [1.807, 2.05) is 0 Å². The number of aliphatic hydroxyl groups excluding tert-OH is 1. The lowest BCUT2D eigenvalue weighted by Gasteiger charge is -2.25. The molecule has 1 saturated heterocycles. The van der Waals surface area contributed by atoms with Gasteiger partial charge in [0.25, 0.3) is 11.7 Å². The van der Waals surface area contributed by atoms with Crippen molar-refractivity contribution in [1.29, 1.82) is 0 Å². The van der Waals surface area contributed by atoms with Gasteiger partial charge in [-0.1, -0.05) is 70.5 Å². The Morgan fingerprint density at radius 2 is 1.62 bits per heavy atom. The van der Waals surface area contributed by atoms with Crippen LogP contribution in [0.15, 0.2) is 88.9 Å². The van der Waals surface area contributed by atoms with Crippen molar-refractivity contribution in [2.45, 2.75) is 6.04 Å². The van der Waals surface area contributed by atoms with Crippen LogP contribution in [0.25, 0.3) is 5.76 Å². The average Bonchev–Trinajstić information content (AvgIpc) is 2.99. The molecule has 1 N–H and O–H groups in total. The van der Waals surface area contributed by atoms with Gasteiger partial charge in [-0.05, 0) is 24.3 Å². The van der Waals surface area contributed by atoms with Crippen LogP contribution in [0.3, 0.4) is 0 Å². The fourth-order valence-electron chi connectivity index (χ4n) is 3.47. The third kappa shape index (κ3) is 3.36. The molecule has 0 spiro atoms. The van der Waals surface area contributed by atoms with Gasteiger partial charge in [0.2, 0.25) is 0 Å². The highest BCUT2D eigenvalue weighted by Gasteiger charge is 2.47. The molecule has 4 nitrogen and oxygen atoms in total. The quantitative estimate of drug-likeness (QED) is 0.337. The number of amides is 1. The Bertz CT molecular complexity index is 1140. The molecule has 3 aromatic rings. The van der Waals surface area contributed by atoms with Gasteiger partial charge in [-0.25, -0.2) is 4.39 Å². The van der Waals surface area contributed by atoms with Crippen LogP contribution in [-0.2, 0) is 9.59 Å². The molecule has 0 aliphatic carbocycles. The van der Waals surface area contributed by atoms with Crippen LogP contribution in [0.1, 0.15) is 17.2 Å². The third-order valence-corrected chi connectivity index (χ3v) is 5.27. The first-order chi connectivity index (χ1) is 14.0. The Balaban J connectivity index is 1.99. The van der Waals surface area contributed by atoms with Crippen LogP contribution in [0.5, 0.6) is 0 Å². The Kier molecular flexibility index (Phi) is 5.03. The molecule has 1 heterocycles. The van der Waals surface area contributed by atoms with E-state index in [2.05, 4.69) is 15.9 Å². The van der Waals surface area contributed by atoms with Crippen molar-refractivity contribution in [1.82, 2.24) is 0 Å². The highest BCUT2D eigenvalue weighted by molar-refractivity contribution is 9.10. The summed E-state index contributed by atoms with van der Waals surface area (Å²) in [6.45, 7) is 0. The van der Waals surface area contributed by atoms with Crippen LogP contribution in [0.2, 0.25) is 0 Å². The van der Waals surface area contributed by atoms with Crippen LogP contribution < -0.4 is 4.90 Å². The van der Waals surface area contributed by atoms with Crippen molar-refractivity contribution in [3.63, 3.8) is 0 Å². The number of benzene rings is 3. The van der Waals surface area contributed by atoms with E-state index in [0.717, 1.165) is 0 Å². The molecular weight excluding hydrogens is 437 g/mol. The largest absolute Gasteiger partial charge is 0.507 e. The molecule has 0 unspecified atom stereocenters. The summed E-state index contributed by atoms with van der Waals surface area (Å²) in [6.07, 6.45) is 0. The van der Waals surface area contributed by atoms with Crippen molar-refractivity contribution in [2.24, 2.45) is 0 Å². The summed E-state index contributed by atoms with van der Waals surface area (Å²) in [5.74, 6) is -2.60. The Morgan fingerprint density at radius 1 is 0.931 bits per heavy atom. The number of carbonyl (C=O) groups is 2. The topological polar surface area (TPSA) is 57.6 Å². The SMILES string of the molecule is O=C1C(=O)N(c2cccc(Br)c2)[C@@H](c2ccccc2F)/C1=C(\O)c1ccccc1. The predicted molar refractivity (Wildman–Crippen MR) is 112 cm³/mol. The van der Waals surface area contributed by atoms with Crippen molar-refractivity contribution < 1.29 is 19.1 Å². The molecule has 6 heteroatoms. The summed E-state index contributed by atoms with van der Waals surface area (Å²) in [5, 5.41) is 10.9. The van der Waals surface area contributed by atoms with Gasteiger partial charge in [-0.3, -0.25) is 14.5 Å². The number of hydrogen-bond acceptors (Lipinski definition) is 3. The van der Waals surface area contributed by atoms with Crippen molar-refractivity contribution in [3.05, 3.63) is 106 Å². The minimum absolute atomic E-state index is 0.129. The van der Waals surface area contributed by atoms with Gasteiger partial charge in [0.05, 0.1) is 11.6 Å². The fraction of sp³-hybridized carbons (Fsp3) is 0.0435. The van der Waals surface area contributed by atoms with Gasteiger partial charge in [0.15, 0.2) is 0 Å². The Morgan fingerprint density at radius 3 is 2.31 bits per heavy atom. The molecule has 1 atom stereocenters. The summed E-state index contributed by atoms with van der Waals surface area (Å²) in [7, 11) is 0. The van der Waals surface area contributed by atoms with E-state index in [1.54, 1.807) is 60.7 Å². The molecular formula is C23H15BrFNO3. The lowest BCUT2D eigenvalue weighted by Crippen LogP contribution is -2.29. The summed E-state index contributed by atoms with van der Waals surface area (Å²) in [5.41, 5.74) is 0.776. The van der Waals surface area contributed by atoms with E-state index in [-0.39, 0.29) is 16.9 Å². The van der Waals surface area contributed by atoms with Gasteiger partial charge >= 0.3 is 0 Å². The summed E-state index contributed by atoms with van der Waals surface area (Å²) in [4.78, 5) is 27.1. The van der Waals surface area contributed by atoms with Gasteiger partial charge in [0.1, 0.15) is 11.6 Å². The third-order valence-electron chi connectivity index (χ3n) is 4.78. The molecule has 1 aliphatic rings. The van der Waals surface area contributed by atoms with Crippen molar-refractivity contribution in [2.75, 3.05) is 4.90 Å². The van der Waals surface area contributed by atoms with E-state index in [9.17, 15) is 19.1 Å². The molecule has 3 aromatic carbocycles. The van der Waals surface area contributed by atoms with Crippen LogP contribution in [0.4, 0.5) is 10.1 Å². The lowest BCUT2D eigenvalue weighted by molar-refractivity contribution is -0.132. The van der Waals surface area contributed by atoms with Gasteiger partial charge in [0, 0.05) is 21.3 Å². The maximum absolute atomic E-state index is 14.7. The monoisotopic (exact) mass is 451 g/mol. The predicted octanol–water partition coefficient (Wildman–Crippen LogP) is 5.21.